The van der Waals surface area contributed by atoms with E-state index in [0.717, 1.165) is 23.5 Å². The third kappa shape index (κ3) is 3.47. The van der Waals surface area contributed by atoms with E-state index in [1.807, 2.05) is 23.9 Å². The monoisotopic (exact) mass is 347 g/mol. The lowest BCUT2D eigenvalue weighted by Crippen LogP contribution is -2.27. The minimum atomic E-state index is 0.477. The minimum absolute atomic E-state index is 0.477. The molecular weight excluding hydrogens is 322 g/mol. The van der Waals surface area contributed by atoms with Gasteiger partial charge in [0, 0.05) is 42.1 Å². The second-order valence-electron chi connectivity index (χ2n) is 7.26. The summed E-state index contributed by atoms with van der Waals surface area (Å²) in [7, 11) is 1.97. The number of hydrogen-bond acceptors (Lipinski definition) is 4. The van der Waals surface area contributed by atoms with Crippen LogP contribution in [0.4, 0.5) is 5.69 Å². The molecule has 0 saturated heterocycles. The Morgan fingerprint density at radius 1 is 1.15 bits per heavy atom. The molecule has 1 N–H and O–H groups in total. The Labute approximate surface area is 154 Å². The van der Waals surface area contributed by atoms with E-state index in [9.17, 15) is 0 Å². The highest BCUT2D eigenvalue weighted by atomic mass is 15.2. The van der Waals surface area contributed by atoms with Crippen molar-refractivity contribution in [3.8, 4) is 11.4 Å². The highest BCUT2D eigenvalue weighted by Gasteiger charge is 2.25. The van der Waals surface area contributed by atoms with E-state index in [-0.39, 0.29) is 0 Å². The molecule has 5 nitrogen and oxygen atoms in total. The van der Waals surface area contributed by atoms with Crippen LogP contribution in [0.5, 0.6) is 0 Å². The molecule has 0 amide bonds. The van der Waals surface area contributed by atoms with Gasteiger partial charge in [-0.15, -0.1) is 10.2 Å². The zero-order valence-corrected chi connectivity index (χ0v) is 15.4. The minimum Gasteiger partial charge on any atom is -0.382 e. The van der Waals surface area contributed by atoms with Crippen molar-refractivity contribution in [2.45, 2.75) is 44.6 Å². The van der Waals surface area contributed by atoms with Gasteiger partial charge in [0.1, 0.15) is 6.33 Å². The standard InChI is InChI=1S/C21H25N5/c1-15-6-5-11-22-20(15)16-7-3-9-18(12-16)24-19-10-4-8-17(13-19)21-25-23-14-26(21)2/h4-6,8,10-11,13-14,16,18,24H,3,7,9,12H2,1-2H3. The molecule has 2 aromatic heterocycles. The van der Waals surface area contributed by atoms with E-state index in [0.29, 0.717) is 12.0 Å². The number of nitrogens with zero attached hydrogens (tertiary/aromatic N) is 4. The zero-order chi connectivity index (χ0) is 17.9. The van der Waals surface area contributed by atoms with Gasteiger partial charge in [-0.25, -0.2) is 0 Å². The predicted octanol–water partition coefficient (Wildman–Crippen LogP) is 4.32. The molecule has 5 heteroatoms. The second kappa shape index (κ2) is 7.28. The van der Waals surface area contributed by atoms with E-state index in [1.165, 1.54) is 30.5 Å². The Morgan fingerprint density at radius 2 is 2.08 bits per heavy atom. The van der Waals surface area contributed by atoms with Gasteiger partial charge in [0.05, 0.1) is 0 Å². The normalized spacial score (nSPS) is 20.1. The molecule has 2 heterocycles. The fraction of sp³-hybridized carbons (Fsp3) is 0.381. The number of nitrogens with one attached hydrogen (secondary N) is 1. The maximum Gasteiger partial charge on any atom is 0.163 e. The van der Waals surface area contributed by atoms with Crippen LogP contribution in [0.15, 0.2) is 48.9 Å². The fourth-order valence-corrected chi connectivity index (χ4v) is 4.02. The van der Waals surface area contributed by atoms with Crippen molar-refractivity contribution in [3.05, 3.63) is 60.2 Å². The van der Waals surface area contributed by atoms with E-state index in [1.54, 1.807) is 6.33 Å². The van der Waals surface area contributed by atoms with Gasteiger partial charge >= 0.3 is 0 Å². The number of aryl methyl sites for hydroxylation is 2. The lowest BCUT2D eigenvalue weighted by molar-refractivity contribution is 0.404. The Balaban J connectivity index is 1.49. The summed E-state index contributed by atoms with van der Waals surface area (Å²) in [6.45, 7) is 2.17. The quantitative estimate of drug-likeness (QED) is 0.763. The molecule has 1 aliphatic carbocycles. The molecule has 1 saturated carbocycles. The molecule has 4 rings (SSSR count). The number of hydrogen-bond donors (Lipinski definition) is 1. The average Bonchev–Trinajstić information content (AvgIpc) is 3.09. The van der Waals surface area contributed by atoms with Crippen molar-refractivity contribution in [1.29, 1.82) is 0 Å². The zero-order valence-electron chi connectivity index (χ0n) is 15.4. The molecule has 26 heavy (non-hydrogen) atoms. The molecular formula is C21H25N5. The third-order valence-corrected chi connectivity index (χ3v) is 5.31. The maximum atomic E-state index is 4.66. The summed E-state index contributed by atoms with van der Waals surface area (Å²) in [4.78, 5) is 4.66. The first-order valence-corrected chi connectivity index (χ1v) is 9.33. The highest BCUT2D eigenvalue weighted by molar-refractivity contribution is 5.62. The Hall–Kier alpha value is -2.69. The SMILES string of the molecule is Cc1cccnc1C1CCCC(Nc2cccc(-c3nncn3C)c2)C1. The van der Waals surface area contributed by atoms with Crippen molar-refractivity contribution < 1.29 is 0 Å². The first kappa shape index (κ1) is 16.8. The Kier molecular flexibility index (Phi) is 4.69. The van der Waals surface area contributed by atoms with Crippen molar-refractivity contribution in [2.24, 2.45) is 7.05 Å². The molecule has 0 radical (unpaired) electrons. The van der Waals surface area contributed by atoms with Crippen molar-refractivity contribution in [1.82, 2.24) is 19.7 Å². The first-order valence-electron chi connectivity index (χ1n) is 9.33. The van der Waals surface area contributed by atoms with Gasteiger partial charge < -0.3 is 9.88 Å². The van der Waals surface area contributed by atoms with Crippen LogP contribution in [0, 0.1) is 6.92 Å². The molecule has 2 atom stereocenters. The topological polar surface area (TPSA) is 55.6 Å². The van der Waals surface area contributed by atoms with Gasteiger partial charge in [0.15, 0.2) is 5.82 Å². The van der Waals surface area contributed by atoms with E-state index >= 15 is 0 Å². The van der Waals surface area contributed by atoms with Gasteiger partial charge in [0.2, 0.25) is 0 Å². The largest absolute Gasteiger partial charge is 0.382 e. The number of aromatic nitrogens is 4. The summed E-state index contributed by atoms with van der Waals surface area (Å²) >= 11 is 0. The van der Waals surface area contributed by atoms with Gasteiger partial charge in [-0.2, -0.15) is 0 Å². The average molecular weight is 347 g/mol. The second-order valence-corrected chi connectivity index (χ2v) is 7.26. The summed E-state index contributed by atoms with van der Waals surface area (Å²) in [5, 5.41) is 11.9. The highest BCUT2D eigenvalue weighted by Crippen LogP contribution is 2.34. The number of anilines is 1. The van der Waals surface area contributed by atoms with E-state index in [2.05, 4.69) is 57.8 Å². The fourth-order valence-electron chi connectivity index (χ4n) is 4.02. The number of pyridine rings is 1. The van der Waals surface area contributed by atoms with Gasteiger partial charge in [-0.05, 0) is 49.9 Å². The summed E-state index contributed by atoms with van der Waals surface area (Å²) < 4.78 is 1.94. The van der Waals surface area contributed by atoms with Crippen LogP contribution in [0.3, 0.4) is 0 Å². The summed E-state index contributed by atoms with van der Waals surface area (Å²) in [5.41, 5.74) is 4.81. The van der Waals surface area contributed by atoms with Crippen LogP contribution >= 0.6 is 0 Å². The first-order chi connectivity index (χ1) is 12.7. The molecule has 1 aliphatic rings. The molecule has 134 valence electrons. The van der Waals surface area contributed by atoms with Gasteiger partial charge in [-0.1, -0.05) is 24.6 Å². The van der Waals surface area contributed by atoms with Crippen molar-refractivity contribution in [3.63, 3.8) is 0 Å². The van der Waals surface area contributed by atoms with E-state index < -0.39 is 0 Å². The Morgan fingerprint density at radius 3 is 2.88 bits per heavy atom. The number of rotatable bonds is 4. The van der Waals surface area contributed by atoms with Crippen molar-refractivity contribution >= 4 is 5.69 Å². The summed E-state index contributed by atoms with van der Waals surface area (Å²) in [5.74, 6) is 1.43. The maximum absolute atomic E-state index is 4.66. The van der Waals surface area contributed by atoms with Crippen LogP contribution < -0.4 is 5.32 Å². The van der Waals surface area contributed by atoms with Gasteiger partial charge in [-0.3, -0.25) is 4.98 Å². The van der Waals surface area contributed by atoms with Crippen LogP contribution in [-0.2, 0) is 7.05 Å². The molecule has 1 aromatic carbocycles. The molecule has 0 spiro atoms. The molecule has 0 bridgehead atoms. The summed E-state index contributed by atoms with van der Waals surface area (Å²) in [6, 6.07) is 13.1. The van der Waals surface area contributed by atoms with Crippen LogP contribution in [0.25, 0.3) is 11.4 Å². The Bertz CT molecular complexity index is 885. The van der Waals surface area contributed by atoms with Crippen LogP contribution in [0.1, 0.15) is 42.9 Å². The smallest absolute Gasteiger partial charge is 0.163 e. The lowest BCUT2D eigenvalue weighted by atomic mass is 9.82. The lowest BCUT2D eigenvalue weighted by Gasteiger charge is -2.31. The molecule has 0 aliphatic heterocycles. The molecule has 3 aromatic rings. The predicted molar refractivity (Wildman–Crippen MR) is 104 cm³/mol. The molecule has 2 unspecified atom stereocenters. The summed E-state index contributed by atoms with van der Waals surface area (Å²) in [6.07, 6.45) is 8.46. The van der Waals surface area contributed by atoms with Gasteiger partial charge in [0.25, 0.3) is 0 Å². The number of benzene rings is 1. The van der Waals surface area contributed by atoms with E-state index in [4.69, 9.17) is 0 Å². The third-order valence-electron chi connectivity index (χ3n) is 5.31. The molecule has 1 fully saturated rings. The van der Waals surface area contributed by atoms with Crippen molar-refractivity contribution in [2.75, 3.05) is 5.32 Å². The van der Waals surface area contributed by atoms with Crippen LogP contribution in [0.2, 0.25) is 0 Å². The van der Waals surface area contributed by atoms with Crippen LogP contribution in [-0.4, -0.2) is 25.8 Å².